The number of benzene rings is 1. The van der Waals surface area contributed by atoms with E-state index < -0.39 is 6.10 Å². The van der Waals surface area contributed by atoms with Crippen LogP contribution >= 0.6 is 0 Å². The van der Waals surface area contributed by atoms with Gasteiger partial charge in [0, 0.05) is 24.2 Å². The number of pyridine rings is 1. The molecule has 0 aliphatic carbocycles. The second-order valence-corrected chi connectivity index (χ2v) is 7.11. The van der Waals surface area contributed by atoms with Gasteiger partial charge in [-0.1, -0.05) is 31.0 Å². The molecular formula is C21H28N4O2. The number of likely N-dealkylation sites (tertiary alicyclic amines) is 1. The van der Waals surface area contributed by atoms with E-state index in [4.69, 9.17) is 5.73 Å². The number of nitrogens with one attached hydrogen (secondary N) is 1. The van der Waals surface area contributed by atoms with Gasteiger partial charge in [-0.05, 0) is 50.2 Å². The van der Waals surface area contributed by atoms with Crippen LogP contribution in [0.2, 0.25) is 0 Å². The molecule has 27 heavy (non-hydrogen) atoms. The molecule has 1 aromatic heterocycles. The van der Waals surface area contributed by atoms with Crippen LogP contribution in [0.5, 0.6) is 0 Å². The quantitative estimate of drug-likeness (QED) is 0.728. The lowest BCUT2D eigenvalue weighted by molar-refractivity contribution is 0.0862. The van der Waals surface area contributed by atoms with Gasteiger partial charge >= 0.3 is 0 Å². The van der Waals surface area contributed by atoms with Crippen LogP contribution in [0.15, 0.2) is 42.5 Å². The number of hydrogen-bond acceptors (Lipinski definition) is 5. The SMILES string of the molecule is Nc1cccc(-c2cccc(C(=O)NC[C@H](O)CN3CCCCCC3)c2)n1. The molecule has 2 aromatic rings. The summed E-state index contributed by atoms with van der Waals surface area (Å²) >= 11 is 0. The summed E-state index contributed by atoms with van der Waals surface area (Å²) in [5, 5.41) is 13.1. The molecule has 3 rings (SSSR count). The molecule has 0 radical (unpaired) electrons. The lowest BCUT2D eigenvalue weighted by Gasteiger charge is -2.23. The molecule has 2 heterocycles. The summed E-state index contributed by atoms with van der Waals surface area (Å²) in [4.78, 5) is 19.0. The van der Waals surface area contributed by atoms with Crippen molar-refractivity contribution in [1.29, 1.82) is 0 Å². The van der Waals surface area contributed by atoms with Crippen LogP contribution in [0.3, 0.4) is 0 Å². The lowest BCUT2D eigenvalue weighted by atomic mass is 10.1. The van der Waals surface area contributed by atoms with Crippen LogP contribution in [-0.2, 0) is 0 Å². The molecule has 1 saturated heterocycles. The molecule has 144 valence electrons. The highest BCUT2D eigenvalue weighted by atomic mass is 16.3. The van der Waals surface area contributed by atoms with E-state index in [-0.39, 0.29) is 12.5 Å². The Morgan fingerprint density at radius 3 is 2.63 bits per heavy atom. The molecule has 1 aliphatic heterocycles. The first-order chi connectivity index (χ1) is 13.1. The van der Waals surface area contributed by atoms with Gasteiger partial charge in [-0.2, -0.15) is 0 Å². The third-order valence-electron chi connectivity index (χ3n) is 4.86. The zero-order valence-electron chi connectivity index (χ0n) is 15.6. The Bertz CT molecular complexity index is 757. The van der Waals surface area contributed by atoms with Crippen LogP contribution in [0.1, 0.15) is 36.0 Å². The van der Waals surface area contributed by atoms with Crippen molar-refractivity contribution in [3.05, 3.63) is 48.0 Å². The van der Waals surface area contributed by atoms with E-state index in [1.165, 1.54) is 25.7 Å². The Kier molecular flexibility index (Phi) is 6.79. The van der Waals surface area contributed by atoms with Gasteiger partial charge < -0.3 is 21.1 Å². The predicted molar refractivity (Wildman–Crippen MR) is 107 cm³/mol. The van der Waals surface area contributed by atoms with Crippen LogP contribution in [0.25, 0.3) is 11.3 Å². The molecule has 6 heteroatoms. The van der Waals surface area contributed by atoms with Crippen LogP contribution in [-0.4, -0.2) is 53.2 Å². The van der Waals surface area contributed by atoms with Crippen molar-refractivity contribution in [2.24, 2.45) is 0 Å². The maximum Gasteiger partial charge on any atom is 0.251 e. The van der Waals surface area contributed by atoms with Gasteiger partial charge in [0.2, 0.25) is 0 Å². The van der Waals surface area contributed by atoms with E-state index in [1.807, 2.05) is 24.3 Å². The smallest absolute Gasteiger partial charge is 0.251 e. The Morgan fingerprint density at radius 2 is 1.89 bits per heavy atom. The maximum absolute atomic E-state index is 12.5. The van der Waals surface area contributed by atoms with Crippen molar-refractivity contribution in [2.45, 2.75) is 31.8 Å². The summed E-state index contributed by atoms with van der Waals surface area (Å²) in [6.45, 7) is 2.91. The fourth-order valence-electron chi connectivity index (χ4n) is 3.43. The summed E-state index contributed by atoms with van der Waals surface area (Å²) in [6, 6.07) is 12.7. The summed E-state index contributed by atoms with van der Waals surface area (Å²) in [5.41, 5.74) is 7.84. The fraction of sp³-hybridized carbons (Fsp3) is 0.429. The van der Waals surface area contributed by atoms with Gasteiger partial charge in [0.05, 0.1) is 11.8 Å². The molecular weight excluding hydrogens is 340 g/mol. The second kappa shape index (κ2) is 9.48. The largest absolute Gasteiger partial charge is 0.390 e. The van der Waals surface area contributed by atoms with Gasteiger partial charge in [0.25, 0.3) is 5.91 Å². The van der Waals surface area contributed by atoms with Gasteiger partial charge in [-0.15, -0.1) is 0 Å². The predicted octanol–water partition coefficient (Wildman–Crippen LogP) is 2.30. The number of rotatable bonds is 6. The van der Waals surface area contributed by atoms with Crippen LogP contribution < -0.4 is 11.1 Å². The van der Waals surface area contributed by atoms with Gasteiger partial charge in [0.15, 0.2) is 0 Å². The van der Waals surface area contributed by atoms with E-state index in [1.54, 1.807) is 18.2 Å². The van der Waals surface area contributed by atoms with Gasteiger partial charge in [-0.3, -0.25) is 4.79 Å². The number of aliphatic hydroxyl groups is 1. The van der Waals surface area contributed by atoms with E-state index in [0.29, 0.717) is 17.9 Å². The molecule has 1 aromatic carbocycles. The van der Waals surface area contributed by atoms with Gasteiger partial charge in [-0.25, -0.2) is 4.98 Å². The van der Waals surface area contributed by atoms with Crippen molar-refractivity contribution in [3.63, 3.8) is 0 Å². The van der Waals surface area contributed by atoms with E-state index in [9.17, 15) is 9.90 Å². The minimum atomic E-state index is -0.564. The molecule has 1 amide bonds. The second-order valence-electron chi connectivity index (χ2n) is 7.11. The molecule has 1 aliphatic rings. The van der Waals surface area contributed by atoms with E-state index in [2.05, 4.69) is 15.2 Å². The molecule has 0 unspecified atom stereocenters. The highest BCUT2D eigenvalue weighted by Gasteiger charge is 2.15. The standard InChI is InChI=1S/C21H28N4O2/c22-20-10-6-9-19(24-20)16-7-5-8-17(13-16)21(27)23-14-18(26)15-25-11-3-1-2-4-12-25/h5-10,13,18,26H,1-4,11-12,14-15H2,(H2,22,24)(H,23,27)/t18-/m0/s1. The number of aliphatic hydroxyl groups excluding tert-OH is 1. The number of amides is 1. The fourth-order valence-corrected chi connectivity index (χ4v) is 3.43. The maximum atomic E-state index is 12.5. The lowest BCUT2D eigenvalue weighted by Crippen LogP contribution is -2.40. The number of carbonyl (C=O) groups is 1. The van der Waals surface area contributed by atoms with Crippen LogP contribution in [0, 0.1) is 0 Å². The topological polar surface area (TPSA) is 91.5 Å². The highest BCUT2D eigenvalue weighted by molar-refractivity contribution is 5.95. The minimum Gasteiger partial charge on any atom is -0.390 e. The first-order valence-electron chi connectivity index (χ1n) is 9.63. The first kappa shape index (κ1) is 19.3. The minimum absolute atomic E-state index is 0.198. The Balaban J connectivity index is 1.55. The molecule has 1 fully saturated rings. The zero-order valence-corrected chi connectivity index (χ0v) is 15.6. The number of nitrogens with two attached hydrogens (primary N) is 1. The van der Waals surface area contributed by atoms with Crippen molar-refractivity contribution >= 4 is 11.7 Å². The number of nitrogen functional groups attached to an aromatic ring is 1. The molecule has 1 atom stereocenters. The normalized spacial score (nSPS) is 16.5. The van der Waals surface area contributed by atoms with Crippen molar-refractivity contribution in [2.75, 3.05) is 31.9 Å². The number of aromatic nitrogens is 1. The molecule has 6 nitrogen and oxygen atoms in total. The summed E-state index contributed by atoms with van der Waals surface area (Å²) in [7, 11) is 0. The number of β-amino-alcohol motifs (C(OH)–C–C–N with tert-alkyl or cyclic N) is 1. The molecule has 0 spiro atoms. The number of hydrogen-bond donors (Lipinski definition) is 3. The number of nitrogens with zero attached hydrogens (tertiary/aromatic N) is 2. The van der Waals surface area contributed by atoms with Crippen molar-refractivity contribution < 1.29 is 9.90 Å². The number of carbonyl (C=O) groups excluding carboxylic acids is 1. The Hall–Kier alpha value is -2.44. The third-order valence-corrected chi connectivity index (χ3v) is 4.86. The van der Waals surface area contributed by atoms with Gasteiger partial charge in [0.1, 0.15) is 5.82 Å². The average molecular weight is 368 g/mol. The summed E-state index contributed by atoms with van der Waals surface area (Å²) < 4.78 is 0. The van der Waals surface area contributed by atoms with E-state index in [0.717, 1.165) is 24.3 Å². The number of anilines is 1. The molecule has 4 N–H and O–H groups in total. The Labute approximate surface area is 160 Å². The van der Waals surface area contributed by atoms with Crippen molar-refractivity contribution in [3.8, 4) is 11.3 Å². The average Bonchev–Trinajstić information content (AvgIpc) is 2.95. The third kappa shape index (κ3) is 5.77. The highest BCUT2D eigenvalue weighted by Crippen LogP contribution is 2.19. The van der Waals surface area contributed by atoms with Crippen molar-refractivity contribution in [1.82, 2.24) is 15.2 Å². The summed E-state index contributed by atoms with van der Waals surface area (Å²) in [5.74, 6) is 0.245. The molecule has 0 saturated carbocycles. The first-order valence-corrected chi connectivity index (χ1v) is 9.63. The zero-order chi connectivity index (χ0) is 19.1. The van der Waals surface area contributed by atoms with Crippen LogP contribution in [0.4, 0.5) is 5.82 Å². The molecule has 0 bridgehead atoms. The monoisotopic (exact) mass is 368 g/mol. The van der Waals surface area contributed by atoms with E-state index >= 15 is 0 Å². The summed E-state index contributed by atoms with van der Waals surface area (Å²) in [6.07, 6.45) is 4.34. The Morgan fingerprint density at radius 1 is 1.15 bits per heavy atom.